The standard InChI is InChI=1S/C22H24N2O5S/c1-14-5-7-18(11-15(14)2)23-22(25)9-10-30(26,27)21-13-17(6-8-19(21)28-4)20-12-16(3)24-29-20/h5-8,11-13H,9-10H2,1-4H3,(H,23,25). The van der Waals surface area contributed by atoms with Crippen LogP contribution in [0.15, 0.2) is 51.9 Å². The van der Waals surface area contributed by atoms with Gasteiger partial charge in [0.25, 0.3) is 0 Å². The minimum atomic E-state index is -3.78. The lowest BCUT2D eigenvalue weighted by Crippen LogP contribution is -2.18. The van der Waals surface area contributed by atoms with Gasteiger partial charge in [0.05, 0.1) is 18.6 Å². The number of carbonyl (C=O) groups excluding carboxylic acids is 1. The van der Waals surface area contributed by atoms with Crippen LogP contribution in [0.3, 0.4) is 0 Å². The van der Waals surface area contributed by atoms with Gasteiger partial charge in [0.15, 0.2) is 15.6 Å². The fraction of sp³-hybridized carbons (Fsp3) is 0.273. The molecule has 0 bridgehead atoms. The summed E-state index contributed by atoms with van der Waals surface area (Å²) in [6, 6.07) is 12.0. The number of nitrogens with one attached hydrogen (secondary N) is 1. The van der Waals surface area contributed by atoms with Crippen LogP contribution in [0.2, 0.25) is 0 Å². The van der Waals surface area contributed by atoms with Crippen LogP contribution in [0, 0.1) is 20.8 Å². The summed E-state index contributed by atoms with van der Waals surface area (Å²) >= 11 is 0. The van der Waals surface area contributed by atoms with Gasteiger partial charge in [-0.3, -0.25) is 4.79 Å². The van der Waals surface area contributed by atoms with Gasteiger partial charge in [-0.1, -0.05) is 11.2 Å². The van der Waals surface area contributed by atoms with Crippen molar-refractivity contribution in [3.63, 3.8) is 0 Å². The van der Waals surface area contributed by atoms with Crippen molar-refractivity contribution < 1.29 is 22.5 Å². The van der Waals surface area contributed by atoms with Crippen molar-refractivity contribution in [2.45, 2.75) is 32.1 Å². The summed E-state index contributed by atoms with van der Waals surface area (Å²) in [7, 11) is -2.38. The largest absolute Gasteiger partial charge is 0.495 e. The number of hydrogen-bond acceptors (Lipinski definition) is 6. The summed E-state index contributed by atoms with van der Waals surface area (Å²) < 4.78 is 36.4. The molecule has 0 aliphatic rings. The van der Waals surface area contributed by atoms with E-state index in [1.54, 1.807) is 31.2 Å². The zero-order valence-electron chi connectivity index (χ0n) is 17.4. The van der Waals surface area contributed by atoms with Crippen LogP contribution < -0.4 is 10.1 Å². The second-order valence-corrected chi connectivity index (χ2v) is 9.19. The molecule has 7 nitrogen and oxygen atoms in total. The molecule has 1 heterocycles. The first-order valence-corrected chi connectivity index (χ1v) is 11.1. The molecule has 0 spiro atoms. The molecule has 1 aromatic heterocycles. The topological polar surface area (TPSA) is 98.5 Å². The zero-order valence-corrected chi connectivity index (χ0v) is 18.2. The van der Waals surface area contributed by atoms with Gasteiger partial charge in [-0.05, 0) is 62.2 Å². The molecule has 8 heteroatoms. The molecular weight excluding hydrogens is 404 g/mol. The van der Waals surface area contributed by atoms with Gasteiger partial charge in [0.2, 0.25) is 5.91 Å². The van der Waals surface area contributed by atoms with Crippen LogP contribution in [-0.2, 0) is 14.6 Å². The summed E-state index contributed by atoms with van der Waals surface area (Å²) in [5, 5.41) is 6.57. The Hall–Kier alpha value is -3.13. The van der Waals surface area contributed by atoms with Crippen LogP contribution in [0.5, 0.6) is 5.75 Å². The van der Waals surface area contributed by atoms with E-state index < -0.39 is 9.84 Å². The predicted octanol–water partition coefficient (Wildman–Crippen LogP) is 4.08. The molecule has 0 saturated heterocycles. The number of ether oxygens (including phenoxy) is 1. The van der Waals surface area contributed by atoms with Crippen molar-refractivity contribution in [3.8, 4) is 17.1 Å². The summed E-state index contributed by atoms with van der Waals surface area (Å²) in [5.74, 6) is -0.0507. The second kappa shape index (κ2) is 8.71. The molecule has 0 radical (unpaired) electrons. The number of amides is 1. The monoisotopic (exact) mass is 428 g/mol. The summed E-state index contributed by atoms with van der Waals surface area (Å²) in [5.41, 5.74) is 4.05. The van der Waals surface area contributed by atoms with Crippen molar-refractivity contribution in [2.75, 3.05) is 18.2 Å². The molecule has 0 aliphatic heterocycles. The van der Waals surface area contributed by atoms with E-state index in [1.165, 1.54) is 13.2 Å². The average Bonchev–Trinajstić information content (AvgIpc) is 3.15. The third-order valence-electron chi connectivity index (χ3n) is 4.80. The Morgan fingerprint density at radius 3 is 2.47 bits per heavy atom. The number of aromatic nitrogens is 1. The lowest BCUT2D eigenvalue weighted by molar-refractivity contribution is -0.115. The van der Waals surface area contributed by atoms with Crippen molar-refractivity contribution >= 4 is 21.4 Å². The van der Waals surface area contributed by atoms with Gasteiger partial charge in [0, 0.05) is 23.7 Å². The molecule has 3 rings (SSSR count). The van der Waals surface area contributed by atoms with E-state index in [2.05, 4.69) is 10.5 Å². The number of benzene rings is 2. The Morgan fingerprint density at radius 2 is 1.83 bits per heavy atom. The van der Waals surface area contributed by atoms with Gasteiger partial charge < -0.3 is 14.6 Å². The maximum absolute atomic E-state index is 13.0. The molecule has 2 aromatic carbocycles. The normalized spacial score (nSPS) is 11.3. The quantitative estimate of drug-likeness (QED) is 0.609. The fourth-order valence-corrected chi connectivity index (χ4v) is 4.39. The zero-order chi connectivity index (χ0) is 21.9. The molecular formula is C22H24N2O5S. The highest BCUT2D eigenvalue weighted by atomic mass is 32.2. The number of carbonyl (C=O) groups is 1. The predicted molar refractivity (Wildman–Crippen MR) is 114 cm³/mol. The molecule has 158 valence electrons. The molecule has 30 heavy (non-hydrogen) atoms. The molecule has 3 aromatic rings. The van der Waals surface area contributed by atoms with E-state index in [0.29, 0.717) is 22.7 Å². The van der Waals surface area contributed by atoms with E-state index in [4.69, 9.17) is 9.26 Å². The highest BCUT2D eigenvalue weighted by molar-refractivity contribution is 7.91. The third kappa shape index (κ3) is 4.88. The van der Waals surface area contributed by atoms with Crippen molar-refractivity contribution in [2.24, 2.45) is 0 Å². The Labute approximate surface area is 176 Å². The molecule has 1 N–H and O–H groups in total. The minimum Gasteiger partial charge on any atom is -0.495 e. The van der Waals surface area contributed by atoms with Gasteiger partial charge >= 0.3 is 0 Å². The Kier molecular flexibility index (Phi) is 6.26. The van der Waals surface area contributed by atoms with Crippen LogP contribution in [0.4, 0.5) is 5.69 Å². The Bertz CT molecular complexity index is 1180. The van der Waals surface area contributed by atoms with Gasteiger partial charge in [-0.25, -0.2) is 8.42 Å². The number of rotatable bonds is 7. The number of nitrogens with zero attached hydrogens (tertiary/aromatic N) is 1. The van der Waals surface area contributed by atoms with Crippen molar-refractivity contribution in [3.05, 3.63) is 59.3 Å². The molecule has 0 atom stereocenters. The van der Waals surface area contributed by atoms with E-state index in [0.717, 1.165) is 11.1 Å². The molecule has 0 fully saturated rings. The maximum Gasteiger partial charge on any atom is 0.225 e. The van der Waals surface area contributed by atoms with Crippen molar-refractivity contribution in [1.82, 2.24) is 5.16 Å². The number of hydrogen-bond donors (Lipinski definition) is 1. The summed E-state index contributed by atoms with van der Waals surface area (Å²) in [6.07, 6.45) is -0.177. The Balaban J connectivity index is 1.77. The number of anilines is 1. The molecule has 0 aliphatic carbocycles. The van der Waals surface area contributed by atoms with Crippen LogP contribution in [0.25, 0.3) is 11.3 Å². The Morgan fingerprint density at radius 1 is 1.07 bits per heavy atom. The maximum atomic E-state index is 13.0. The summed E-state index contributed by atoms with van der Waals surface area (Å²) in [4.78, 5) is 12.3. The van der Waals surface area contributed by atoms with Crippen LogP contribution in [0.1, 0.15) is 23.2 Å². The average molecular weight is 429 g/mol. The van der Waals surface area contributed by atoms with E-state index in [9.17, 15) is 13.2 Å². The SMILES string of the molecule is COc1ccc(-c2cc(C)no2)cc1S(=O)(=O)CCC(=O)Nc1ccc(C)c(C)c1. The molecule has 0 unspecified atom stereocenters. The fourth-order valence-electron chi connectivity index (χ4n) is 2.95. The van der Waals surface area contributed by atoms with Gasteiger partial charge in [-0.2, -0.15) is 0 Å². The van der Waals surface area contributed by atoms with Gasteiger partial charge in [0.1, 0.15) is 10.6 Å². The first-order chi connectivity index (χ1) is 14.2. The second-order valence-electron chi connectivity index (χ2n) is 7.11. The third-order valence-corrected chi connectivity index (χ3v) is 6.53. The summed E-state index contributed by atoms with van der Waals surface area (Å²) in [6.45, 7) is 5.71. The smallest absolute Gasteiger partial charge is 0.225 e. The lowest BCUT2D eigenvalue weighted by Gasteiger charge is -2.11. The van der Waals surface area contributed by atoms with E-state index in [-0.39, 0.29) is 28.7 Å². The molecule has 1 amide bonds. The number of sulfone groups is 1. The minimum absolute atomic E-state index is 0.00975. The number of aryl methyl sites for hydroxylation is 3. The molecule has 0 saturated carbocycles. The lowest BCUT2D eigenvalue weighted by atomic mass is 10.1. The van der Waals surface area contributed by atoms with Crippen LogP contribution >= 0.6 is 0 Å². The number of methoxy groups -OCH3 is 1. The van der Waals surface area contributed by atoms with Crippen molar-refractivity contribution in [1.29, 1.82) is 0 Å². The van der Waals surface area contributed by atoms with Crippen LogP contribution in [-0.4, -0.2) is 32.3 Å². The first kappa shape index (κ1) is 21.6. The van der Waals surface area contributed by atoms with E-state index >= 15 is 0 Å². The highest BCUT2D eigenvalue weighted by Gasteiger charge is 2.22. The van der Waals surface area contributed by atoms with Gasteiger partial charge in [-0.15, -0.1) is 0 Å². The first-order valence-electron chi connectivity index (χ1n) is 9.41. The highest BCUT2D eigenvalue weighted by Crippen LogP contribution is 2.31. The van der Waals surface area contributed by atoms with E-state index in [1.807, 2.05) is 26.0 Å².